The van der Waals surface area contributed by atoms with Crippen LogP contribution in [0.3, 0.4) is 0 Å². The van der Waals surface area contributed by atoms with Crippen molar-refractivity contribution in [1.82, 2.24) is 9.55 Å². The summed E-state index contributed by atoms with van der Waals surface area (Å²) in [5.41, 5.74) is 2.42. The van der Waals surface area contributed by atoms with E-state index in [1.54, 1.807) is 0 Å². The average molecular weight is 561 g/mol. The van der Waals surface area contributed by atoms with Gasteiger partial charge in [0.2, 0.25) is 0 Å². The molecule has 0 saturated carbocycles. The van der Waals surface area contributed by atoms with E-state index in [4.69, 9.17) is 79.7 Å². The quantitative estimate of drug-likeness (QED) is 0.118. The maximum absolute atomic E-state index is 11.7. The van der Waals surface area contributed by atoms with Crippen LogP contribution in [0, 0.1) is 12.3 Å². The zero-order chi connectivity index (χ0) is 27.7. The number of nitrogens with two attached hydrogens (primary N) is 1. The Kier molecular flexibility index (Phi) is 13.7. The molecule has 1 saturated heterocycles. The molecule has 0 radical (unpaired) electrons. The second-order valence-electron chi connectivity index (χ2n) is 5.71. The molecule has 0 aromatic carbocycles. The minimum absolute atomic E-state index is 0.00255. The van der Waals surface area contributed by atoms with Crippen molar-refractivity contribution in [3.8, 4) is 12.3 Å². The first-order valence-corrected chi connectivity index (χ1v) is 12.5. The van der Waals surface area contributed by atoms with Crippen LogP contribution in [0.25, 0.3) is 0 Å². The van der Waals surface area contributed by atoms with Gasteiger partial charge in [-0.25, -0.2) is 18.5 Å². The molecule has 0 spiro atoms. The van der Waals surface area contributed by atoms with Gasteiger partial charge in [0.25, 0.3) is 0 Å². The molecule has 14 N–H and O–H groups in total. The Balaban J connectivity index is 0. The Morgan fingerprint density at radius 1 is 1.06 bits per heavy atom. The molecule has 198 valence electrons. The third-order valence-electron chi connectivity index (χ3n) is 3.00. The molecule has 0 bridgehead atoms. The summed E-state index contributed by atoms with van der Waals surface area (Å²) in [5.74, 6) is 2.00. The highest BCUT2D eigenvalue weighted by molar-refractivity contribution is 7.45. The van der Waals surface area contributed by atoms with E-state index < -0.39 is 59.8 Å². The highest BCUT2D eigenvalue weighted by Gasteiger charge is 2.55. The summed E-state index contributed by atoms with van der Waals surface area (Å²) in [7, 11) is -13.9. The van der Waals surface area contributed by atoms with Crippen molar-refractivity contribution in [2.45, 2.75) is 24.0 Å². The van der Waals surface area contributed by atoms with E-state index in [1.807, 2.05) is 5.92 Å². The Labute approximate surface area is 188 Å². The summed E-state index contributed by atoms with van der Waals surface area (Å²) in [4.78, 5) is 79.9. The van der Waals surface area contributed by atoms with Gasteiger partial charge < -0.3 is 69.8 Å². The number of nitrogens with zero attached hydrogens (tertiary/aromatic N) is 2. The van der Waals surface area contributed by atoms with Crippen molar-refractivity contribution < 1.29 is 77.8 Å². The maximum atomic E-state index is 11.7. The number of ether oxygens (including phenoxy) is 1. The molecule has 1 aromatic rings. The molecule has 2 rings (SSSR count). The van der Waals surface area contributed by atoms with Crippen molar-refractivity contribution in [3.63, 3.8) is 0 Å². The van der Waals surface area contributed by atoms with E-state index in [2.05, 4.69) is 4.98 Å². The van der Waals surface area contributed by atoms with E-state index >= 15 is 0 Å². The van der Waals surface area contributed by atoms with Crippen LogP contribution >= 0.6 is 23.5 Å². The molecule has 2 heterocycles. The van der Waals surface area contributed by atoms with E-state index in [-0.39, 0.29) is 5.82 Å². The van der Waals surface area contributed by atoms with E-state index in [9.17, 15) is 15.0 Å². The molecular weight excluding hydrogens is 539 g/mol. The fraction of sp³-hybridized carbons (Fsp3) is 0.455. The number of aliphatic hydroxyl groups excluding tert-OH is 2. The monoisotopic (exact) mass is 561 g/mol. The number of aromatic nitrogens is 2. The maximum Gasteiger partial charge on any atom is 0.466 e. The van der Waals surface area contributed by atoms with Gasteiger partial charge in [0.15, 0.2) is 11.8 Å². The molecule has 0 amide bonds. The molecule has 1 aliphatic heterocycles. The molecule has 34 heavy (non-hydrogen) atoms. The number of phosphoric acid groups is 3. The van der Waals surface area contributed by atoms with Crippen molar-refractivity contribution >= 4 is 29.3 Å². The number of terminal acetylenes is 1. The third kappa shape index (κ3) is 16.1. The number of aliphatic hydroxyl groups is 3. The zero-order valence-electron chi connectivity index (χ0n) is 16.4. The van der Waals surface area contributed by atoms with Crippen LogP contribution in [-0.4, -0.2) is 93.3 Å². The van der Waals surface area contributed by atoms with Gasteiger partial charge in [0, 0.05) is 6.20 Å². The summed E-state index contributed by atoms with van der Waals surface area (Å²) in [5, 5.41) is 29.1. The second-order valence-corrected chi connectivity index (χ2v) is 8.79. The smallest absolute Gasteiger partial charge is 0.394 e. The van der Waals surface area contributed by atoms with Crippen LogP contribution in [0.2, 0.25) is 0 Å². The Morgan fingerprint density at radius 3 is 1.74 bits per heavy atom. The molecule has 4 atom stereocenters. The van der Waals surface area contributed by atoms with E-state index in [0.717, 1.165) is 4.57 Å². The lowest BCUT2D eigenvalue weighted by Crippen LogP contribution is -2.47. The van der Waals surface area contributed by atoms with Crippen LogP contribution in [0.4, 0.5) is 5.82 Å². The molecule has 1 aliphatic rings. The molecule has 20 nitrogen and oxygen atoms in total. The minimum Gasteiger partial charge on any atom is -0.394 e. The van der Waals surface area contributed by atoms with Gasteiger partial charge in [-0.15, -0.1) is 6.42 Å². The fourth-order valence-electron chi connectivity index (χ4n) is 1.95. The topological polar surface area (TPSA) is 364 Å². The van der Waals surface area contributed by atoms with Crippen LogP contribution in [0.1, 0.15) is 6.23 Å². The largest absolute Gasteiger partial charge is 0.466 e. The van der Waals surface area contributed by atoms with Gasteiger partial charge in [-0.05, 0) is 6.07 Å². The number of anilines is 1. The molecule has 1 aromatic heterocycles. The molecule has 1 fully saturated rings. The van der Waals surface area contributed by atoms with Crippen LogP contribution in [0.15, 0.2) is 17.1 Å². The highest BCUT2D eigenvalue weighted by Crippen LogP contribution is 2.37. The molecule has 0 aliphatic carbocycles. The fourth-order valence-corrected chi connectivity index (χ4v) is 1.95. The predicted molar refractivity (Wildman–Crippen MR) is 106 cm³/mol. The summed E-state index contributed by atoms with van der Waals surface area (Å²) in [6.07, 6.45) is 2.45. The second kappa shape index (κ2) is 13.5. The normalized spacial score (nSPS) is 24.3. The lowest BCUT2D eigenvalue weighted by molar-refractivity contribution is -0.0763. The minimum atomic E-state index is -4.64. The standard InChI is InChI=1S/C11H13N3O5.3H3O4P/c1-2-11(18)8(16)6(5-15)19-9(11)14-4-3-7(12)13-10(14)17;3*1-5(2,3)4/h1,3-4,6,8-9,15-16,18H,5H2,(H2,12,13,17);3*(H3,1,2,3,4)/t6-,8-,9-,11-;;;/m1.../s1. The van der Waals surface area contributed by atoms with Gasteiger partial charge in [-0.3, -0.25) is 4.57 Å². The number of hydrogen-bond donors (Lipinski definition) is 13. The molecule has 0 unspecified atom stereocenters. The van der Waals surface area contributed by atoms with Crippen molar-refractivity contribution in [1.29, 1.82) is 0 Å². The lowest BCUT2D eigenvalue weighted by atomic mass is 9.95. The average Bonchev–Trinajstić information content (AvgIpc) is 2.82. The molecular formula is C11H22N3O17P3. The number of hydrogen-bond acceptors (Lipinski definition) is 10. The Hall–Kier alpha value is -1.59. The van der Waals surface area contributed by atoms with Gasteiger partial charge in [-0.2, -0.15) is 4.98 Å². The molecule has 23 heteroatoms. The van der Waals surface area contributed by atoms with Crippen molar-refractivity contribution in [2.75, 3.05) is 12.3 Å². The Morgan fingerprint density at radius 2 is 1.44 bits per heavy atom. The summed E-state index contributed by atoms with van der Waals surface area (Å²) in [6.45, 7) is -0.557. The Bertz CT molecular complexity index is 951. The van der Waals surface area contributed by atoms with E-state index in [1.165, 1.54) is 12.3 Å². The van der Waals surface area contributed by atoms with Crippen LogP contribution < -0.4 is 11.4 Å². The zero-order valence-corrected chi connectivity index (χ0v) is 19.1. The summed E-state index contributed by atoms with van der Waals surface area (Å²) < 4.78 is 32.8. The van der Waals surface area contributed by atoms with Crippen molar-refractivity contribution in [3.05, 3.63) is 22.7 Å². The first-order valence-electron chi connectivity index (χ1n) is 7.78. The first kappa shape index (κ1) is 34.6. The third-order valence-corrected chi connectivity index (χ3v) is 3.00. The SMILES string of the molecule is C#C[C@@]1(O)[C@H](O)[C@@H](CO)O[C@H]1n1ccc(N)nc1=O.O=P(O)(O)O.O=P(O)(O)O.O=P(O)(O)O. The number of rotatable bonds is 2. The van der Waals surface area contributed by atoms with Gasteiger partial charge in [0.05, 0.1) is 6.61 Å². The summed E-state index contributed by atoms with van der Waals surface area (Å²) in [6, 6.07) is 1.32. The van der Waals surface area contributed by atoms with Gasteiger partial charge in [-0.1, -0.05) is 5.92 Å². The highest BCUT2D eigenvalue weighted by atomic mass is 31.2. The van der Waals surface area contributed by atoms with Gasteiger partial charge in [0.1, 0.15) is 18.0 Å². The van der Waals surface area contributed by atoms with E-state index in [0.29, 0.717) is 0 Å². The summed E-state index contributed by atoms with van der Waals surface area (Å²) >= 11 is 0. The lowest BCUT2D eigenvalue weighted by Gasteiger charge is -2.26. The first-order chi connectivity index (χ1) is 14.9. The van der Waals surface area contributed by atoms with Gasteiger partial charge >= 0.3 is 29.2 Å². The van der Waals surface area contributed by atoms with Crippen LogP contribution in [-0.2, 0) is 18.4 Å². The number of nitrogen functional groups attached to an aromatic ring is 1. The van der Waals surface area contributed by atoms with Crippen LogP contribution in [0.5, 0.6) is 0 Å². The van der Waals surface area contributed by atoms with Crippen molar-refractivity contribution in [2.24, 2.45) is 0 Å². The predicted octanol–water partition coefficient (Wildman–Crippen LogP) is -5.35.